The molecule has 1 aliphatic heterocycles. The SMILES string of the molecule is C#CCOc1ccccc1/C=C1\SC(=Nc2cc(C)ccc2C)N(CC)C1=O. The van der Waals surface area contributed by atoms with Gasteiger partial charge in [-0.05, 0) is 61.9 Å². The summed E-state index contributed by atoms with van der Waals surface area (Å²) in [5.74, 6) is 3.07. The molecule has 0 radical (unpaired) electrons. The lowest BCUT2D eigenvalue weighted by Crippen LogP contribution is -2.28. The van der Waals surface area contributed by atoms with E-state index in [-0.39, 0.29) is 12.5 Å². The summed E-state index contributed by atoms with van der Waals surface area (Å²) in [5, 5.41) is 0.689. The van der Waals surface area contributed by atoms with Gasteiger partial charge in [0.05, 0.1) is 10.6 Å². The Balaban J connectivity index is 1.96. The second-order valence-corrected chi connectivity index (χ2v) is 7.38. The highest BCUT2D eigenvalue weighted by Gasteiger charge is 2.32. The number of terminal acetylenes is 1. The van der Waals surface area contributed by atoms with Crippen LogP contribution >= 0.6 is 11.8 Å². The summed E-state index contributed by atoms with van der Waals surface area (Å²) in [6, 6.07) is 13.7. The molecule has 0 atom stereocenters. The molecule has 0 aliphatic carbocycles. The number of amides is 1. The van der Waals surface area contributed by atoms with Crippen molar-refractivity contribution in [3.8, 4) is 18.1 Å². The van der Waals surface area contributed by atoms with E-state index in [1.807, 2.05) is 63.2 Å². The van der Waals surface area contributed by atoms with Gasteiger partial charge in [-0.1, -0.05) is 36.3 Å². The normalized spacial score (nSPS) is 16.6. The van der Waals surface area contributed by atoms with Crippen molar-refractivity contribution in [2.45, 2.75) is 20.8 Å². The zero-order valence-corrected chi connectivity index (χ0v) is 17.0. The molecule has 28 heavy (non-hydrogen) atoms. The Morgan fingerprint density at radius 1 is 1.25 bits per heavy atom. The van der Waals surface area contributed by atoms with Gasteiger partial charge in [-0.3, -0.25) is 9.69 Å². The lowest BCUT2D eigenvalue weighted by molar-refractivity contribution is -0.122. The van der Waals surface area contributed by atoms with Gasteiger partial charge in [-0.25, -0.2) is 4.99 Å². The molecule has 1 heterocycles. The number of carbonyl (C=O) groups is 1. The first-order valence-corrected chi connectivity index (χ1v) is 9.87. The third-order valence-electron chi connectivity index (χ3n) is 4.30. The molecule has 3 rings (SSSR count). The predicted octanol–water partition coefficient (Wildman–Crippen LogP) is 4.94. The monoisotopic (exact) mass is 390 g/mol. The predicted molar refractivity (Wildman–Crippen MR) is 117 cm³/mol. The van der Waals surface area contributed by atoms with Gasteiger partial charge in [0.2, 0.25) is 0 Å². The number of benzene rings is 2. The van der Waals surface area contributed by atoms with Crippen LogP contribution in [0.1, 0.15) is 23.6 Å². The quantitative estimate of drug-likeness (QED) is 0.536. The zero-order valence-electron chi connectivity index (χ0n) is 16.2. The Hall–Kier alpha value is -2.97. The van der Waals surface area contributed by atoms with E-state index in [1.54, 1.807) is 4.90 Å². The Kier molecular flexibility index (Phi) is 6.23. The number of aliphatic imine (C=N–C) groups is 1. The number of nitrogens with zero attached hydrogens (tertiary/aromatic N) is 2. The molecule has 0 aromatic heterocycles. The highest BCUT2D eigenvalue weighted by atomic mass is 32.2. The van der Waals surface area contributed by atoms with Crippen molar-refractivity contribution in [3.63, 3.8) is 0 Å². The van der Waals surface area contributed by atoms with Gasteiger partial charge in [0.15, 0.2) is 5.17 Å². The van der Waals surface area contributed by atoms with E-state index in [4.69, 9.17) is 16.2 Å². The summed E-state index contributed by atoms with van der Waals surface area (Å²) >= 11 is 1.38. The number of hydrogen-bond acceptors (Lipinski definition) is 4. The first-order valence-electron chi connectivity index (χ1n) is 9.06. The maximum atomic E-state index is 12.9. The minimum Gasteiger partial charge on any atom is -0.480 e. The van der Waals surface area contributed by atoms with Crippen LogP contribution in [0.4, 0.5) is 5.69 Å². The smallest absolute Gasteiger partial charge is 0.266 e. The Morgan fingerprint density at radius 3 is 2.79 bits per heavy atom. The van der Waals surface area contributed by atoms with E-state index in [2.05, 4.69) is 12.0 Å². The maximum Gasteiger partial charge on any atom is 0.266 e. The van der Waals surface area contributed by atoms with E-state index in [0.717, 1.165) is 22.4 Å². The fraction of sp³-hybridized carbons (Fsp3) is 0.217. The molecule has 0 spiro atoms. The van der Waals surface area contributed by atoms with Crippen LogP contribution in [0.25, 0.3) is 6.08 Å². The fourth-order valence-corrected chi connectivity index (χ4v) is 3.85. The summed E-state index contributed by atoms with van der Waals surface area (Å²) < 4.78 is 5.59. The lowest BCUT2D eigenvalue weighted by atomic mass is 10.1. The molecule has 0 saturated carbocycles. The van der Waals surface area contributed by atoms with Crippen LogP contribution in [0, 0.1) is 26.2 Å². The van der Waals surface area contributed by atoms with Crippen LogP contribution in [0.15, 0.2) is 52.4 Å². The molecule has 1 fully saturated rings. The molecule has 2 aromatic rings. The van der Waals surface area contributed by atoms with Crippen molar-refractivity contribution < 1.29 is 9.53 Å². The van der Waals surface area contributed by atoms with E-state index in [9.17, 15) is 4.79 Å². The number of hydrogen-bond donors (Lipinski definition) is 0. The Morgan fingerprint density at radius 2 is 2.04 bits per heavy atom. The van der Waals surface area contributed by atoms with Gasteiger partial charge < -0.3 is 4.74 Å². The Labute approximate surface area is 170 Å². The first kappa shape index (κ1) is 19.8. The number of amidine groups is 1. The Bertz CT molecular complexity index is 1000. The van der Waals surface area contributed by atoms with Gasteiger partial charge in [0, 0.05) is 12.1 Å². The number of ether oxygens (including phenoxy) is 1. The second-order valence-electron chi connectivity index (χ2n) is 6.38. The molecular weight excluding hydrogens is 368 g/mol. The number of thioether (sulfide) groups is 1. The highest BCUT2D eigenvalue weighted by Crippen LogP contribution is 2.36. The average molecular weight is 391 g/mol. The largest absolute Gasteiger partial charge is 0.480 e. The molecule has 5 heteroatoms. The molecule has 1 saturated heterocycles. The van der Waals surface area contributed by atoms with E-state index < -0.39 is 0 Å². The van der Waals surface area contributed by atoms with Gasteiger partial charge >= 0.3 is 0 Å². The standard InChI is InChI=1S/C23H22N2O2S/c1-5-13-27-20-10-8-7-9-18(20)15-21-22(26)25(6-2)23(28-21)24-19-14-16(3)11-12-17(19)4/h1,7-12,14-15H,6,13H2,2-4H3/b21-15-,24-23?. The van der Waals surface area contributed by atoms with Crippen molar-refractivity contribution >= 4 is 34.6 Å². The summed E-state index contributed by atoms with van der Waals surface area (Å²) in [7, 11) is 0. The number of likely N-dealkylation sites (N-methyl/N-ethyl adjacent to an activating group) is 1. The molecule has 1 aliphatic rings. The third-order valence-corrected chi connectivity index (χ3v) is 5.31. The minimum atomic E-state index is -0.0525. The summed E-state index contributed by atoms with van der Waals surface area (Å²) in [5.41, 5.74) is 3.91. The summed E-state index contributed by atoms with van der Waals surface area (Å²) in [4.78, 5) is 20.0. The molecule has 0 unspecified atom stereocenters. The summed E-state index contributed by atoms with van der Waals surface area (Å²) in [6.45, 7) is 6.74. The highest BCUT2D eigenvalue weighted by molar-refractivity contribution is 8.18. The van der Waals surface area contributed by atoms with Crippen LogP contribution in [0.3, 0.4) is 0 Å². The van der Waals surface area contributed by atoms with Crippen molar-refractivity contribution in [3.05, 3.63) is 64.1 Å². The van der Waals surface area contributed by atoms with Crippen molar-refractivity contribution in [1.29, 1.82) is 0 Å². The molecule has 0 bridgehead atoms. The molecule has 4 nitrogen and oxygen atoms in total. The van der Waals surface area contributed by atoms with E-state index >= 15 is 0 Å². The van der Waals surface area contributed by atoms with Crippen molar-refractivity contribution in [2.24, 2.45) is 4.99 Å². The molecule has 1 amide bonds. The molecular formula is C23H22N2O2S. The van der Waals surface area contributed by atoms with Crippen LogP contribution in [0.2, 0.25) is 0 Å². The second kappa shape index (κ2) is 8.81. The van der Waals surface area contributed by atoms with Gasteiger partial charge in [-0.15, -0.1) is 6.42 Å². The average Bonchev–Trinajstić information content (AvgIpc) is 2.98. The number of para-hydroxylation sites is 1. The van der Waals surface area contributed by atoms with Crippen molar-refractivity contribution in [2.75, 3.05) is 13.2 Å². The molecule has 0 N–H and O–H groups in total. The van der Waals surface area contributed by atoms with Gasteiger partial charge in [0.1, 0.15) is 12.4 Å². The molecule has 2 aromatic carbocycles. The third kappa shape index (κ3) is 4.29. The zero-order chi connectivity index (χ0) is 20.1. The maximum absolute atomic E-state index is 12.9. The number of aryl methyl sites for hydroxylation is 2. The van der Waals surface area contributed by atoms with Crippen LogP contribution in [0.5, 0.6) is 5.75 Å². The lowest BCUT2D eigenvalue weighted by Gasteiger charge is -2.12. The number of carbonyl (C=O) groups excluding carboxylic acids is 1. The van der Waals surface area contributed by atoms with E-state index in [1.165, 1.54) is 11.8 Å². The minimum absolute atomic E-state index is 0.0525. The summed E-state index contributed by atoms with van der Waals surface area (Å²) in [6.07, 6.45) is 7.13. The van der Waals surface area contributed by atoms with E-state index in [0.29, 0.717) is 22.4 Å². The molecule has 142 valence electrons. The van der Waals surface area contributed by atoms with Crippen LogP contribution < -0.4 is 4.74 Å². The van der Waals surface area contributed by atoms with Gasteiger partial charge in [0.25, 0.3) is 5.91 Å². The van der Waals surface area contributed by atoms with Gasteiger partial charge in [-0.2, -0.15) is 0 Å². The van der Waals surface area contributed by atoms with Crippen LogP contribution in [-0.4, -0.2) is 29.1 Å². The topological polar surface area (TPSA) is 41.9 Å². The first-order chi connectivity index (χ1) is 13.5. The van der Waals surface area contributed by atoms with Crippen LogP contribution in [-0.2, 0) is 4.79 Å². The van der Waals surface area contributed by atoms with Crippen molar-refractivity contribution in [1.82, 2.24) is 4.90 Å². The number of rotatable bonds is 5. The fourth-order valence-electron chi connectivity index (χ4n) is 2.81.